The molecule has 0 atom stereocenters. The number of aliphatic imine (C=N–C) groups is 1. The van der Waals surface area contributed by atoms with Gasteiger partial charge in [0.2, 0.25) is 11.8 Å². The first-order valence-corrected chi connectivity index (χ1v) is 10.1. The smallest absolute Gasteiger partial charge is 0.407 e. The molecule has 0 saturated heterocycles. The lowest BCUT2D eigenvalue weighted by molar-refractivity contribution is 0.0541. The van der Waals surface area contributed by atoms with Gasteiger partial charge < -0.3 is 28.7 Å². The Morgan fingerprint density at radius 2 is 1.85 bits per heavy atom. The van der Waals surface area contributed by atoms with E-state index in [1.807, 2.05) is 20.8 Å². The maximum Gasteiger partial charge on any atom is 0.407 e. The molecule has 11 heteroatoms. The van der Waals surface area contributed by atoms with Crippen LogP contribution in [0.15, 0.2) is 39.2 Å². The molecular weight excluding hydrogens is 432 g/mol. The minimum Gasteiger partial charge on any atom is -0.476 e. The molecule has 2 heterocycles. The molecule has 0 aliphatic rings. The number of carboxylic acid groups (broad SMARTS) is 1. The minimum absolute atomic E-state index is 0.0699. The lowest BCUT2D eigenvalue weighted by atomic mass is 10.2. The highest BCUT2D eigenvalue weighted by molar-refractivity contribution is 5.85. The fraction of sp³-hybridized carbons (Fsp3) is 0.500. The van der Waals surface area contributed by atoms with E-state index >= 15 is 0 Å². The second kappa shape index (κ2) is 14.4. The van der Waals surface area contributed by atoms with E-state index in [-0.39, 0.29) is 29.8 Å². The first-order valence-electron chi connectivity index (χ1n) is 10.1. The number of aromatic carboxylic acids is 1. The predicted molar refractivity (Wildman–Crippen MR) is 123 cm³/mol. The largest absolute Gasteiger partial charge is 0.476 e. The normalized spacial score (nSPS) is 10.9. The van der Waals surface area contributed by atoms with Crippen LogP contribution in [-0.2, 0) is 16.0 Å². The highest BCUT2D eigenvalue weighted by Crippen LogP contribution is 2.18. The number of nitrogens with one attached hydrogen (secondary N) is 1. The number of nitrogens with zero attached hydrogens (tertiary/aromatic N) is 3. The topological polar surface area (TPSA) is 149 Å². The van der Waals surface area contributed by atoms with Gasteiger partial charge in [0.15, 0.2) is 17.3 Å². The van der Waals surface area contributed by atoms with Gasteiger partial charge >= 0.3 is 12.1 Å². The summed E-state index contributed by atoms with van der Waals surface area (Å²) in [7, 11) is 1.54. The number of hydrogen-bond donors (Lipinski definition) is 2. The van der Waals surface area contributed by atoms with E-state index in [1.165, 1.54) is 19.6 Å². The Hall–Kier alpha value is -3.63. The number of ether oxygens (including phenoxy) is 2. The Morgan fingerprint density at radius 3 is 2.27 bits per heavy atom. The minimum atomic E-state index is -1.18. The van der Waals surface area contributed by atoms with Crippen LogP contribution in [0, 0.1) is 5.92 Å². The van der Waals surface area contributed by atoms with Crippen LogP contribution < -0.4 is 5.32 Å². The number of rotatable bonds is 5. The zero-order chi connectivity index (χ0) is 25.6. The van der Waals surface area contributed by atoms with Crippen LogP contribution in [-0.4, -0.2) is 45.7 Å². The van der Waals surface area contributed by atoms with Gasteiger partial charge in [-0.15, -0.1) is 0 Å². The van der Waals surface area contributed by atoms with Gasteiger partial charge in [-0.05, 0) is 26.7 Å². The average Bonchev–Trinajstić information content (AvgIpc) is 3.35. The first kappa shape index (κ1) is 29.4. The lowest BCUT2D eigenvalue weighted by Gasteiger charge is -2.18. The molecule has 33 heavy (non-hydrogen) atoms. The molecule has 0 saturated carbocycles. The third-order valence-electron chi connectivity index (χ3n) is 2.79. The molecule has 11 nitrogen and oxygen atoms in total. The van der Waals surface area contributed by atoms with Crippen molar-refractivity contribution < 1.29 is 33.0 Å². The SMILES string of the molecule is C=COC(C)=NCc1nc(-c2nc(C(=O)O)co2)co1.CC(C)C.CNC(=O)OC(C)(C)C. The van der Waals surface area contributed by atoms with Crippen molar-refractivity contribution in [3.8, 4) is 11.6 Å². The number of amides is 1. The summed E-state index contributed by atoms with van der Waals surface area (Å²) in [5.41, 5.74) is -0.289. The van der Waals surface area contributed by atoms with Gasteiger partial charge in [0.25, 0.3) is 0 Å². The number of alkyl carbamates (subject to hydrolysis) is 1. The molecule has 0 spiro atoms. The molecule has 2 N–H and O–H groups in total. The van der Waals surface area contributed by atoms with E-state index in [0.29, 0.717) is 17.5 Å². The summed E-state index contributed by atoms with van der Waals surface area (Å²) in [5.74, 6) is 0.470. The molecule has 0 aliphatic heterocycles. The number of oxazole rings is 2. The van der Waals surface area contributed by atoms with Crippen molar-refractivity contribution in [2.75, 3.05) is 7.05 Å². The standard InChI is InChI=1S/C12H11N3O5.C6H13NO2.C4H10/c1-3-18-7(2)13-4-10-14-8(5-19-10)11-15-9(6-20-11)12(16)17;1-6(2,3)9-5(8)7-4;1-4(2)3/h3,5-6H,1,4H2,2H3,(H,16,17);1-4H3,(H,7,8);4H,1-3H3. The molecular formula is C22H34N4O7. The van der Waals surface area contributed by atoms with Gasteiger partial charge in [0.1, 0.15) is 24.7 Å². The van der Waals surface area contributed by atoms with Crippen molar-refractivity contribution in [1.82, 2.24) is 15.3 Å². The number of hydrogen-bond acceptors (Lipinski definition) is 9. The summed E-state index contributed by atoms with van der Waals surface area (Å²) < 4.78 is 19.9. The fourth-order valence-electron chi connectivity index (χ4n) is 1.64. The molecule has 0 fully saturated rings. The summed E-state index contributed by atoms with van der Waals surface area (Å²) >= 11 is 0. The predicted octanol–water partition coefficient (Wildman–Crippen LogP) is 4.91. The molecule has 1 amide bonds. The maximum atomic E-state index is 10.7. The molecule has 0 unspecified atom stereocenters. The maximum absolute atomic E-state index is 10.7. The zero-order valence-corrected chi connectivity index (χ0v) is 20.5. The van der Waals surface area contributed by atoms with Crippen LogP contribution in [0.4, 0.5) is 4.79 Å². The van der Waals surface area contributed by atoms with Crippen LogP contribution in [0.5, 0.6) is 0 Å². The summed E-state index contributed by atoms with van der Waals surface area (Å²) in [6.45, 7) is 17.2. The third kappa shape index (κ3) is 14.1. The number of carbonyl (C=O) groups excluding carboxylic acids is 1. The van der Waals surface area contributed by atoms with Crippen molar-refractivity contribution in [1.29, 1.82) is 0 Å². The van der Waals surface area contributed by atoms with Crippen LogP contribution in [0.2, 0.25) is 0 Å². The van der Waals surface area contributed by atoms with Crippen LogP contribution >= 0.6 is 0 Å². The fourth-order valence-corrected chi connectivity index (χ4v) is 1.64. The van der Waals surface area contributed by atoms with E-state index < -0.39 is 5.97 Å². The number of carbonyl (C=O) groups is 2. The van der Waals surface area contributed by atoms with Crippen molar-refractivity contribution in [2.24, 2.45) is 10.9 Å². The monoisotopic (exact) mass is 466 g/mol. The molecule has 2 aromatic heterocycles. The van der Waals surface area contributed by atoms with Crippen LogP contribution in [0.25, 0.3) is 11.6 Å². The second-order valence-electron chi connectivity index (χ2n) is 8.07. The number of aromatic nitrogens is 2. The molecule has 0 aromatic carbocycles. The molecule has 2 aromatic rings. The van der Waals surface area contributed by atoms with Crippen molar-refractivity contribution in [2.45, 2.75) is 60.6 Å². The zero-order valence-electron chi connectivity index (χ0n) is 20.5. The third-order valence-corrected chi connectivity index (χ3v) is 2.79. The highest BCUT2D eigenvalue weighted by Gasteiger charge is 2.15. The van der Waals surface area contributed by atoms with Gasteiger partial charge in [0, 0.05) is 14.0 Å². The molecule has 2 rings (SSSR count). The van der Waals surface area contributed by atoms with E-state index in [4.69, 9.17) is 23.4 Å². The van der Waals surface area contributed by atoms with E-state index in [1.54, 1.807) is 6.92 Å². The van der Waals surface area contributed by atoms with Gasteiger partial charge in [-0.25, -0.2) is 24.5 Å². The van der Waals surface area contributed by atoms with Gasteiger partial charge in [-0.2, -0.15) is 0 Å². The van der Waals surface area contributed by atoms with Gasteiger partial charge in [-0.3, -0.25) is 0 Å². The molecule has 0 aliphatic carbocycles. The average molecular weight is 467 g/mol. The quantitative estimate of drug-likeness (QED) is 0.356. The Labute approximate surface area is 193 Å². The summed E-state index contributed by atoms with van der Waals surface area (Å²) in [4.78, 5) is 33.1. The molecule has 0 bridgehead atoms. The number of carboxylic acids is 1. The Bertz CT molecular complexity index is 905. The highest BCUT2D eigenvalue weighted by atomic mass is 16.6. The molecule has 0 radical (unpaired) electrons. The van der Waals surface area contributed by atoms with Crippen molar-refractivity contribution >= 4 is 18.0 Å². The Kier molecular flexibility index (Phi) is 12.8. The lowest BCUT2D eigenvalue weighted by Crippen LogP contribution is -2.30. The van der Waals surface area contributed by atoms with Gasteiger partial charge in [0.05, 0.1) is 6.26 Å². The van der Waals surface area contributed by atoms with E-state index in [9.17, 15) is 9.59 Å². The summed E-state index contributed by atoms with van der Waals surface area (Å²) in [5, 5.41) is 11.1. The van der Waals surface area contributed by atoms with E-state index in [2.05, 4.69) is 47.6 Å². The molecule has 184 valence electrons. The van der Waals surface area contributed by atoms with Crippen molar-refractivity contribution in [3.05, 3.63) is 37.0 Å². The summed E-state index contributed by atoms with van der Waals surface area (Å²) in [6, 6.07) is 0. The van der Waals surface area contributed by atoms with Crippen LogP contribution in [0.1, 0.15) is 64.8 Å². The van der Waals surface area contributed by atoms with Gasteiger partial charge in [-0.1, -0.05) is 27.4 Å². The Balaban J connectivity index is 0.000000657. The van der Waals surface area contributed by atoms with Crippen molar-refractivity contribution in [3.63, 3.8) is 0 Å². The van der Waals surface area contributed by atoms with Crippen LogP contribution in [0.3, 0.4) is 0 Å². The van der Waals surface area contributed by atoms with E-state index in [0.717, 1.165) is 12.2 Å². The first-order chi connectivity index (χ1) is 15.3. The Morgan fingerprint density at radius 1 is 1.24 bits per heavy atom. The second-order valence-corrected chi connectivity index (χ2v) is 8.07. The summed E-state index contributed by atoms with van der Waals surface area (Å²) in [6.07, 6.45) is 3.22.